The van der Waals surface area contributed by atoms with Crippen LogP contribution in [0.15, 0.2) is 53.3 Å². The third-order valence-corrected chi connectivity index (χ3v) is 5.98. The molecule has 0 saturated carbocycles. The number of amides is 1. The number of alkyl halides is 3. The van der Waals surface area contributed by atoms with E-state index in [1.54, 1.807) is 40.9 Å². The molecule has 0 aliphatic rings. The highest BCUT2D eigenvalue weighted by Crippen LogP contribution is 2.40. The first-order valence-corrected chi connectivity index (χ1v) is 10.8. The summed E-state index contributed by atoms with van der Waals surface area (Å²) in [6.07, 6.45) is -1.43. The van der Waals surface area contributed by atoms with Gasteiger partial charge in [0.25, 0.3) is 11.8 Å². The van der Waals surface area contributed by atoms with Crippen LogP contribution in [-0.2, 0) is 6.18 Å². The molecular formula is C22H15F3N6O2S. The van der Waals surface area contributed by atoms with E-state index in [1.807, 2.05) is 13.0 Å². The third-order valence-electron chi connectivity index (χ3n) is 5.02. The number of pyridine rings is 1. The van der Waals surface area contributed by atoms with Gasteiger partial charge in [0.2, 0.25) is 5.82 Å². The molecule has 1 aromatic carbocycles. The molecule has 34 heavy (non-hydrogen) atoms. The first kappa shape index (κ1) is 21.8. The number of nitrogens with zero attached hydrogens (tertiary/aromatic N) is 5. The van der Waals surface area contributed by atoms with Crippen molar-refractivity contribution >= 4 is 28.6 Å². The Morgan fingerprint density at radius 2 is 1.97 bits per heavy atom. The third kappa shape index (κ3) is 3.92. The van der Waals surface area contributed by atoms with Gasteiger partial charge in [0.15, 0.2) is 5.69 Å². The number of hydrogen-bond acceptors (Lipinski definition) is 7. The van der Waals surface area contributed by atoms with E-state index in [0.29, 0.717) is 22.6 Å². The quantitative estimate of drug-likeness (QED) is 0.367. The molecule has 4 aromatic heterocycles. The first-order chi connectivity index (χ1) is 16.2. The van der Waals surface area contributed by atoms with Crippen molar-refractivity contribution in [3.63, 3.8) is 0 Å². The van der Waals surface area contributed by atoms with Gasteiger partial charge in [-0.05, 0) is 37.6 Å². The van der Waals surface area contributed by atoms with Crippen molar-refractivity contribution < 1.29 is 22.5 Å². The molecule has 172 valence electrons. The molecule has 1 amide bonds. The number of nitrogens with one attached hydrogen (secondary N) is 1. The second-order valence-electron chi connectivity index (χ2n) is 7.39. The normalized spacial score (nSPS) is 11.8. The van der Waals surface area contributed by atoms with Gasteiger partial charge < -0.3 is 9.84 Å². The van der Waals surface area contributed by atoms with Crippen LogP contribution >= 0.6 is 11.3 Å². The molecule has 0 fully saturated rings. The lowest BCUT2D eigenvalue weighted by atomic mass is 10.1. The molecule has 0 atom stereocenters. The van der Waals surface area contributed by atoms with E-state index >= 15 is 0 Å². The highest BCUT2D eigenvalue weighted by molar-refractivity contribution is 7.15. The minimum Gasteiger partial charge on any atom is -0.333 e. The Morgan fingerprint density at radius 3 is 2.76 bits per heavy atom. The number of imidazole rings is 1. The molecule has 0 unspecified atom stereocenters. The van der Waals surface area contributed by atoms with Crippen molar-refractivity contribution in [2.45, 2.75) is 20.0 Å². The minimum absolute atomic E-state index is 0.0829. The Hall–Kier alpha value is -4.06. The lowest BCUT2D eigenvalue weighted by molar-refractivity contribution is -0.140. The predicted octanol–water partition coefficient (Wildman–Crippen LogP) is 5.40. The Bertz CT molecular complexity index is 1540. The summed E-state index contributed by atoms with van der Waals surface area (Å²) in [5.41, 5.74) is 1.65. The van der Waals surface area contributed by atoms with E-state index in [9.17, 15) is 18.0 Å². The number of halogens is 3. The maximum atomic E-state index is 13.3. The smallest absolute Gasteiger partial charge is 0.333 e. The van der Waals surface area contributed by atoms with Crippen LogP contribution < -0.4 is 5.32 Å². The molecular weight excluding hydrogens is 469 g/mol. The van der Waals surface area contributed by atoms with E-state index < -0.39 is 11.9 Å². The molecule has 0 aliphatic heterocycles. The number of anilines is 1. The van der Waals surface area contributed by atoms with Crippen molar-refractivity contribution in [2.75, 3.05) is 5.32 Å². The number of carbonyl (C=O) groups is 1. The Labute approximate surface area is 194 Å². The summed E-state index contributed by atoms with van der Waals surface area (Å²) in [4.78, 5) is 24.6. The fourth-order valence-electron chi connectivity index (χ4n) is 3.38. The molecule has 12 heteroatoms. The molecule has 0 aliphatic carbocycles. The molecule has 5 rings (SSSR count). The topological polar surface area (TPSA) is 98.2 Å². The van der Waals surface area contributed by atoms with Crippen molar-refractivity contribution in [2.24, 2.45) is 0 Å². The number of fused-ring (bicyclic) bond motifs is 1. The van der Waals surface area contributed by atoms with Crippen molar-refractivity contribution in [3.05, 3.63) is 70.8 Å². The molecule has 1 N–H and O–H groups in total. The highest BCUT2D eigenvalue weighted by Gasteiger charge is 2.39. The number of thiazole rings is 1. The van der Waals surface area contributed by atoms with E-state index in [2.05, 4.69) is 25.4 Å². The maximum absolute atomic E-state index is 13.3. The summed E-state index contributed by atoms with van der Waals surface area (Å²) in [6, 6.07) is 10.5. The summed E-state index contributed by atoms with van der Waals surface area (Å²) in [5, 5.41) is 6.91. The lowest BCUT2D eigenvalue weighted by Crippen LogP contribution is -2.15. The average Bonchev–Trinajstić information content (AvgIpc) is 3.52. The largest absolute Gasteiger partial charge is 0.435 e. The van der Waals surface area contributed by atoms with Gasteiger partial charge in [0, 0.05) is 17.4 Å². The number of hydrogen-bond donors (Lipinski definition) is 1. The summed E-state index contributed by atoms with van der Waals surface area (Å²) in [7, 11) is 0. The van der Waals surface area contributed by atoms with Crippen LogP contribution in [0.1, 0.15) is 26.8 Å². The molecule has 0 radical (unpaired) electrons. The van der Waals surface area contributed by atoms with Crippen LogP contribution in [0, 0.1) is 13.8 Å². The van der Waals surface area contributed by atoms with Crippen LogP contribution in [0.25, 0.3) is 27.8 Å². The summed E-state index contributed by atoms with van der Waals surface area (Å²) in [6.45, 7) is 3.28. The molecule has 0 saturated heterocycles. The van der Waals surface area contributed by atoms with Crippen LogP contribution in [0.5, 0.6) is 0 Å². The number of aromatic nitrogens is 5. The van der Waals surface area contributed by atoms with Crippen molar-refractivity contribution in [1.82, 2.24) is 24.5 Å². The SMILES string of the molecule is Cc1nc(C(F)(F)F)c(-c2nc(-c3ccc(C)c(NC(=O)c4cnc5ccccn45)c3)no2)s1. The van der Waals surface area contributed by atoms with Crippen LogP contribution in [-0.4, -0.2) is 30.4 Å². The summed E-state index contributed by atoms with van der Waals surface area (Å²) >= 11 is 0.824. The van der Waals surface area contributed by atoms with E-state index in [0.717, 1.165) is 16.9 Å². The molecule has 5 aromatic rings. The van der Waals surface area contributed by atoms with Gasteiger partial charge in [-0.15, -0.1) is 11.3 Å². The average molecular weight is 484 g/mol. The van der Waals surface area contributed by atoms with Gasteiger partial charge >= 0.3 is 6.18 Å². The van der Waals surface area contributed by atoms with Crippen molar-refractivity contribution in [1.29, 1.82) is 0 Å². The molecule has 0 bridgehead atoms. The Balaban J connectivity index is 1.45. The number of aryl methyl sites for hydroxylation is 2. The number of benzene rings is 1. The zero-order valence-electron chi connectivity index (χ0n) is 17.7. The Morgan fingerprint density at radius 1 is 1.15 bits per heavy atom. The first-order valence-electron chi connectivity index (χ1n) is 9.94. The van der Waals surface area contributed by atoms with Gasteiger partial charge in [0.05, 0.1) is 11.2 Å². The lowest BCUT2D eigenvalue weighted by Gasteiger charge is -2.09. The molecule has 8 nitrogen and oxygen atoms in total. The fourth-order valence-corrected chi connectivity index (χ4v) is 4.24. The highest BCUT2D eigenvalue weighted by atomic mass is 32.1. The van der Waals surface area contributed by atoms with Gasteiger partial charge in [0.1, 0.15) is 16.2 Å². The van der Waals surface area contributed by atoms with E-state index in [1.165, 1.54) is 13.1 Å². The van der Waals surface area contributed by atoms with Crippen molar-refractivity contribution in [3.8, 4) is 22.2 Å². The summed E-state index contributed by atoms with van der Waals surface area (Å²) in [5.74, 6) is -0.563. The Kier molecular flexibility index (Phi) is 5.16. The molecule has 0 spiro atoms. The van der Waals surface area contributed by atoms with Gasteiger partial charge in [-0.1, -0.05) is 23.4 Å². The summed E-state index contributed by atoms with van der Waals surface area (Å²) < 4.78 is 46.7. The van der Waals surface area contributed by atoms with Crippen LogP contribution in [0.2, 0.25) is 0 Å². The number of rotatable bonds is 4. The fraction of sp³-hybridized carbons (Fsp3) is 0.136. The van der Waals surface area contributed by atoms with Crippen LogP contribution in [0.4, 0.5) is 18.9 Å². The minimum atomic E-state index is -4.64. The second kappa shape index (κ2) is 8.06. The zero-order chi connectivity index (χ0) is 24.0. The van der Waals surface area contributed by atoms with Crippen LogP contribution in [0.3, 0.4) is 0 Å². The number of carbonyl (C=O) groups excluding carboxylic acids is 1. The van der Waals surface area contributed by atoms with Gasteiger partial charge in [-0.2, -0.15) is 18.2 Å². The van der Waals surface area contributed by atoms with E-state index in [-0.39, 0.29) is 27.5 Å². The van der Waals surface area contributed by atoms with Gasteiger partial charge in [-0.3, -0.25) is 9.20 Å². The monoisotopic (exact) mass is 484 g/mol. The maximum Gasteiger partial charge on any atom is 0.435 e. The zero-order valence-corrected chi connectivity index (χ0v) is 18.5. The molecule has 4 heterocycles. The van der Waals surface area contributed by atoms with E-state index in [4.69, 9.17) is 4.52 Å². The second-order valence-corrected chi connectivity index (χ2v) is 8.59. The van der Waals surface area contributed by atoms with Gasteiger partial charge in [-0.25, -0.2) is 9.97 Å². The standard InChI is InChI=1S/C22H15F3N6O2S/c1-11-6-7-13(9-14(11)28-20(32)15-10-26-16-5-3-4-8-31(15)16)19-29-21(33-30-19)17-18(22(23,24)25)27-12(2)34-17/h3-10H,1-2H3,(H,28,32). The predicted molar refractivity (Wildman–Crippen MR) is 118 cm³/mol.